The smallest absolute Gasteiger partial charge is 0.0411 e. The molecule has 5 aromatic rings. The van der Waals surface area contributed by atoms with Gasteiger partial charge in [0.25, 0.3) is 0 Å². The Balaban J connectivity index is 1.14. The minimum atomic E-state index is 0.536. The molecule has 1 aliphatic carbocycles. The van der Waals surface area contributed by atoms with Crippen molar-refractivity contribution < 1.29 is 0 Å². The van der Waals surface area contributed by atoms with Crippen LogP contribution in [0.15, 0.2) is 146 Å². The maximum atomic E-state index is 2.75. The Morgan fingerprint density at radius 3 is 1.61 bits per heavy atom. The molecule has 0 heterocycles. The number of benzene rings is 5. The number of hydrogen-bond donors (Lipinski definition) is 0. The molecule has 1 fully saturated rings. The van der Waals surface area contributed by atoms with E-state index >= 15 is 0 Å². The fourth-order valence-electron chi connectivity index (χ4n) is 8.03. The summed E-state index contributed by atoms with van der Waals surface area (Å²) < 4.78 is 0. The van der Waals surface area contributed by atoms with Gasteiger partial charge in [-0.05, 0) is 90.8 Å². The molecule has 2 unspecified atom stereocenters. The molecule has 0 aromatic heterocycles. The second-order valence-corrected chi connectivity index (χ2v) is 16.6. The summed E-state index contributed by atoms with van der Waals surface area (Å²) in [7, 11) is 0. The Morgan fingerprint density at radius 2 is 1.02 bits per heavy atom. The Hall–Kier alpha value is -3.68. The molecule has 284 valence electrons. The van der Waals surface area contributed by atoms with Crippen molar-refractivity contribution in [2.24, 2.45) is 0 Å². The van der Waals surface area contributed by atoms with Gasteiger partial charge < -0.3 is 9.80 Å². The number of anilines is 3. The van der Waals surface area contributed by atoms with Crippen LogP contribution in [0, 0.1) is 0 Å². The summed E-state index contributed by atoms with van der Waals surface area (Å²) in [5.74, 6) is 2.88. The van der Waals surface area contributed by atoms with E-state index in [4.69, 9.17) is 0 Å². The van der Waals surface area contributed by atoms with Gasteiger partial charge in [-0.1, -0.05) is 116 Å². The fraction of sp³-hybridized carbons (Fsp3) is 0.375. The summed E-state index contributed by atoms with van der Waals surface area (Å²) in [6, 6.07) is 54.1. The molecule has 5 aromatic carbocycles. The molecule has 6 heteroatoms. The van der Waals surface area contributed by atoms with E-state index in [1.807, 2.05) is 23.5 Å². The van der Waals surface area contributed by atoms with Gasteiger partial charge in [0.2, 0.25) is 0 Å². The van der Waals surface area contributed by atoms with Crippen molar-refractivity contribution in [2.75, 3.05) is 73.1 Å². The van der Waals surface area contributed by atoms with Crippen LogP contribution < -0.4 is 9.80 Å². The largest absolute Gasteiger partial charge is 0.367 e. The zero-order valence-electron chi connectivity index (χ0n) is 32.5. The van der Waals surface area contributed by atoms with Crippen LogP contribution in [-0.4, -0.2) is 79.1 Å². The van der Waals surface area contributed by atoms with Crippen molar-refractivity contribution in [2.45, 2.75) is 50.7 Å². The Morgan fingerprint density at radius 1 is 0.500 bits per heavy atom. The van der Waals surface area contributed by atoms with Gasteiger partial charge >= 0.3 is 0 Å². The monoisotopic (exact) mass is 756 g/mol. The standard InChI is InChI=1S/C48H60N4S2/c1-53-35-33-49(39-41-17-7-3-8-18-41)30-32-52(47-26-13-6-14-27-47)48-28-16-21-44(38-48)43-20-15-19-42(37-43)40-50(34-36-54-2)29-31-51(45-22-9-4-10-23-45)46-24-11-5-12-25-46/h3-15,17-20,22-27,37,44,48H,16,21,28-36,38-40H2,1-2H3. The average Bonchev–Trinajstić information content (AvgIpc) is 3.23. The second kappa shape index (κ2) is 22.0. The molecule has 1 saturated carbocycles. The zero-order chi connectivity index (χ0) is 37.2. The van der Waals surface area contributed by atoms with Gasteiger partial charge in [0.15, 0.2) is 0 Å². The number of para-hydroxylation sites is 3. The molecule has 6 rings (SSSR count). The van der Waals surface area contributed by atoms with Crippen LogP contribution in [0.5, 0.6) is 0 Å². The Bertz CT molecular complexity index is 1700. The van der Waals surface area contributed by atoms with Gasteiger partial charge in [0.1, 0.15) is 0 Å². The lowest BCUT2D eigenvalue weighted by molar-refractivity contribution is 0.278. The number of nitrogens with zero attached hydrogens (tertiary/aromatic N) is 4. The maximum Gasteiger partial charge on any atom is 0.0411 e. The zero-order valence-corrected chi connectivity index (χ0v) is 34.1. The first-order valence-corrected chi connectivity index (χ1v) is 22.7. The number of rotatable bonds is 21. The molecule has 0 bridgehead atoms. The molecule has 0 amide bonds. The summed E-state index contributed by atoms with van der Waals surface area (Å²) >= 11 is 3.89. The lowest BCUT2D eigenvalue weighted by atomic mass is 9.80. The summed E-state index contributed by atoms with van der Waals surface area (Å²) in [5.41, 5.74) is 8.22. The highest BCUT2D eigenvalue weighted by Crippen LogP contribution is 2.37. The van der Waals surface area contributed by atoms with Crippen molar-refractivity contribution in [1.82, 2.24) is 9.80 Å². The molecule has 2 atom stereocenters. The van der Waals surface area contributed by atoms with Crippen LogP contribution in [0.2, 0.25) is 0 Å². The van der Waals surface area contributed by atoms with E-state index in [0.717, 1.165) is 63.9 Å². The molecule has 0 N–H and O–H groups in total. The van der Waals surface area contributed by atoms with Gasteiger partial charge in [-0.15, -0.1) is 0 Å². The fourth-order valence-corrected chi connectivity index (χ4v) is 8.91. The first kappa shape index (κ1) is 40.0. The highest BCUT2D eigenvalue weighted by molar-refractivity contribution is 7.98. The molecule has 0 radical (unpaired) electrons. The van der Waals surface area contributed by atoms with Crippen LogP contribution in [0.25, 0.3) is 0 Å². The van der Waals surface area contributed by atoms with E-state index in [2.05, 4.69) is 178 Å². The van der Waals surface area contributed by atoms with E-state index in [1.54, 1.807) is 0 Å². The molecule has 1 aliphatic rings. The SMILES string of the molecule is CSCCN(CCN(c1ccccc1)c1ccccc1)Cc1cccc(C2CCCC(N(CCN(CCSC)Cc3ccccc3)c3ccccc3)C2)c1. The normalized spacial score (nSPS) is 15.8. The van der Waals surface area contributed by atoms with E-state index in [1.165, 1.54) is 59.4 Å². The van der Waals surface area contributed by atoms with E-state index < -0.39 is 0 Å². The van der Waals surface area contributed by atoms with Crippen LogP contribution in [-0.2, 0) is 13.1 Å². The summed E-state index contributed by atoms with van der Waals surface area (Å²) in [6.07, 6.45) is 9.47. The van der Waals surface area contributed by atoms with E-state index in [-0.39, 0.29) is 0 Å². The predicted molar refractivity (Wildman–Crippen MR) is 239 cm³/mol. The van der Waals surface area contributed by atoms with Gasteiger partial charge in [0, 0.05) is 87.0 Å². The van der Waals surface area contributed by atoms with Crippen molar-refractivity contribution in [3.05, 3.63) is 162 Å². The third-order valence-electron chi connectivity index (χ3n) is 10.9. The highest BCUT2D eigenvalue weighted by Gasteiger charge is 2.28. The van der Waals surface area contributed by atoms with Crippen LogP contribution in [0.3, 0.4) is 0 Å². The highest BCUT2D eigenvalue weighted by atomic mass is 32.2. The number of thioether (sulfide) groups is 2. The van der Waals surface area contributed by atoms with Crippen LogP contribution in [0.1, 0.15) is 48.3 Å². The van der Waals surface area contributed by atoms with Gasteiger partial charge in [-0.3, -0.25) is 9.80 Å². The number of hydrogen-bond acceptors (Lipinski definition) is 6. The van der Waals surface area contributed by atoms with Crippen molar-refractivity contribution in [3.63, 3.8) is 0 Å². The van der Waals surface area contributed by atoms with E-state index in [9.17, 15) is 0 Å². The lowest BCUT2D eigenvalue weighted by Crippen LogP contribution is -2.43. The van der Waals surface area contributed by atoms with Crippen molar-refractivity contribution >= 4 is 40.6 Å². The minimum absolute atomic E-state index is 0.536. The maximum absolute atomic E-state index is 2.75. The quantitative estimate of drug-likeness (QED) is 0.0734. The Labute approximate surface area is 335 Å². The molecular formula is C48H60N4S2. The van der Waals surface area contributed by atoms with Crippen LogP contribution >= 0.6 is 23.5 Å². The molecule has 4 nitrogen and oxygen atoms in total. The van der Waals surface area contributed by atoms with Gasteiger partial charge in [-0.2, -0.15) is 23.5 Å². The molecular weight excluding hydrogens is 697 g/mol. The first-order chi connectivity index (χ1) is 26.7. The lowest BCUT2D eigenvalue weighted by Gasteiger charge is -2.40. The molecule has 0 spiro atoms. The minimum Gasteiger partial charge on any atom is -0.367 e. The van der Waals surface area contributed by atoms with E-state index in [0.29, 0.717) is 12.0 Å². The predicted octanol–water partition coefficient (Wildman–Crippen LogP) is 11.1. The third-order valence-corrected chi connectivity index (χ3v) is 12.1. The first-order valence-electron chi connectivity index (χ1n) is 19.9. The molecule has 54 heavy (non-hydrogen) atoms. The summed E-state index contributed by atoms with van der Waals surface area (Å²) in [6.45, 7) is 8.25. The van der Waals surface area contributed by atoms with Gasteiger partial charge in [-0.25, -0.2) is 0 Å². The van der Waals surface area contributed by atoms with Crippen molar-refractivity contribution in [3.8, 4) is 0 Å². The molecule has 0 saturated heterocycles. The summed E-state index contributed by atoms with van der Waals surface area (Å²) in [5, 5.41) is 0. The second-order valence-electron chi connectivity index (χ2n) is 14.6. The summed E-state index contributed by atoms with van der Waals surface area (Å²) in [4.78, 5) is 10.5. The van der Waals surface area contributed by atoms with Crippen molar-refractivity contribution in [1.29, 1.82) is 0 Å². The Kier molecular flexibility index (Phi) is 16.3. The van der Waals surface area contributed by atoms with Crippen LogP contribution in [0.4, 0.5) is 17.1 Å². The average molecular weight is 757 g/mol. The third kappa shape index (κ3) is 12.2. The molecule has 0 aliphatic heterocycles. The topological polar surface area (TPSA) is 13.0 Å². The van der Waals surface area contributed by atoms with Gasteiger partial charge in [0.05, 0.1) is 0 Å².